The maximum Gasteiger partial charge on any atom is 0.221 e. The van der Waals surface area contributed by atoms with Gasteiger partial charge in [-0.25, -0.2) is 0 Å². The molecule has 0 fully saturated rings. The number of carbonyl (C=O) groups excluding carboxylic acids is 1. The average molecular weight is 242 g/mol. The standard InChI is InChI=1S/C11H15N3O.ClH/c12-10(13)7-9(11(14)15)6-8-4-2-1-3-5-8;/h1-5,9H,6-7H2,(H3,12,13)(H2,14,15);1H. The minimum absolute atomic E-state index is 0. The maximum atomic E-state index is 11.1. The van der Waals surface area contributed by atoms with Crippen molar-refractivity contribution in [3.05, 3.63) is 35.9 Å². The van der Waals surface area contributed by atoms with E-state index in [4.69, 9.17) is 16.9 Å². The summed E-state index contributed by atoms with van der Waals surface area (Å²) in [6.07, 6.45) is 0.764. The van der Waals surface area contributed by atoms with Crippen molar-refractivity contribution in [1.29, 1.82) is 5.41 Å². The Morgan fingerprint density at radius 3 is 2.25 bits per heavy atom. The molecule has 1 rings (SSSR count). The Morgan fingerprint density at radius 2 is 1.81 bits per heavy atom. The highest BCUT2D eigenvalue weighted by molar-refractivity contribution is 5.85. The number of nitrogens with two attached hydrogens (primary N) is 2. The van der Waals surface area contributed by atoms with Crippen molar-refractivity contribution >= 4 is 24.1 Å². The average Bonchev–Trinajstić information content (AvgIpc) is 2.17. The predicted molar refractivity (Wildman–Crippen MR) is 66.6 cm³/mol. The molecule has 0 aliphatic heterocycles. The first kappa shape index (κ1) is 14.5. The quantitative estimate of drug-likeness (QED) is 0.532. The Kier molecular flexibility index (Phi) is 6.18. The van der Waals surface area contributed by atoms with Gasteiger partial charge in [0, 0.05) is 12.3 Å². The molecule has 0 aliphatic rings. The summed E-state index contributed by atoms with van der Waals surface area (Å²) in [5.74, 6) is -0.798. The summed E-state index contributed by atoms with van der Waals surface area (Å²) in [4.78, 5) is 11.1. The van der Waals surface area contributed by atoms with Crippen molar-refractivity contribution in [3.63, 3.8) is 0 Å². The van der Waals surface area contributed by atoms with E-state index in [9.17, 15) is 4.79 Å². The van der Waals surface area contributed by atoms with Crippen LogP contribution in [0.2, 0.25) is 0 Å². The number of nitrogens with one attached hydrogen (secondary N) is 1. The summed E-state index contributed by atoms with van der Waals surface area (Å²) in [6, 6.07) is 9.57. The molecule has 5 N–H and O–H groups in total. The summed E-state index contributed by atoms with van der Waals surface area (Å²) in [7, 11) is 0. The zero-order chi connectivity index (χ0) is 11.3. The minimum Gasteiger partial charge on any atom is -0.388 e. The summed E-state index contributed by atoms with van der Waals surface area (Å²) < 4.78 is 0. The van der Waals surface area contributed by atoms with Gasteiger partial charge >= 0.3 is 0 Å². The van der Waals surface area contributed by atoms with Crippen LogP contribution in [0.5, 0.6) is 0 Å². The van der Waals surface area contributed by atoms with E-state index in [-0.39, 0.29) is 30.6 Å². The van der Waals surface area contributed by atoms with Gasteiger partial charge in [0.15, 0.2) is 0 Å². The predicted octanol–water partition coefficient (Wildman–Crippen LogP) is 1.08. The lowest BCUT2D eigenvalue weighted by atomic mass is 9.95. The first-order valence-electron chi connectivity index (χ1n) is 4.75. The van der Waals surface area contributed by atoms with Gasteiger partial charge < -0.3 is 11.5 Å². The summed E-state index contributed by atoms with van der Waals surface area (Å²) in [6.45, 7) is 0. The third-order valence-corrected chi connectivity index (χ3v) is 2.19. The smallest absolute Gasteiger partial charge is 0.221 e. The van der Waals surface area contributed by atoms with Crippen LogP contribution in [0.15, 0.2) is 30.3 Å². The molecule has 88 valence electrons. The molecule has 1 aromatic rings. The third kappa shape index (κ3) is 4.79. The summed E-state index contributed by atoms with van der Waals surface area (Å²) in [5.41, 5.74) is 11.5. The van der Waals surface area contributed by atoms with Crippen molar-refractivity contribution in [2.75, 3.05) is 0 Å². The Morgan fingerprint density at radius 1 is 1.25 bits per heavy atom. The highest BCUT2D eigenvalue weighted by Gasteiger charge is 2.16. The Labute approximate surface area is 101 Å². The van der Waals surface area contributed by atoms with Crippen LogP contribution in [-0.4, -0.2) is 11.7 Å². The van der Waals surface area contributed by atoms with Crippen LogP contribution in [0.25, 0.3) is 0 Å². The van der Waals surface area contributed by atoms with Crippen molar-refractivity contribution in [3.8, 4) is 0 Å². The molecule has 0 bridgehead atoms. The monoisotopic (exact) mass is 241 g/mol. The van der Waals surface area contributed by atoms with Crippen molar-refractivity contribution in [2.45, 2.75) is 12.8 Å². The molecule has 1 aromatic carbocycles. The molecule has 1 amide bonds. The molecule has 0 saturated heterocycles. The molecule has 0 radical (unpaired) electrons. The fourth-order valence-corrected chi connectivity index (χ4v) is 1.44. The second-order valence-corrected chi connectivity index (χ2v) is 3.52. The number of primary amides is 1. The number of hydrogen-bond acceptors (Lipinski definition) is 2. The fraction of sp³-hybridized carbons (Fsp3) is 0.273. The molecule has 5 heteroatoms. The lowest BCUT2D eigenvalue weighted by Gasteiger charge is -2.11. The molecule has 1 unspecified atom stereocenters. The van der Waals surface area contributed by atoms with Crippen LogP contribution in [0.3, 0.4) is 0 Å². The van der Waals surface area contributed by atoms with Crippen LogP contribution in [-0.2, 0) is 11.2 Å². The highest BCUT2D eigenvalue weighted by atomic mass is 35.5. The van der Waals surface area contributed by atoms with Gasteiger partial charge in [-0.15, -0.1) is 12.4 Å². The fourth-order valence-electron chi connectivity index (χ4n) is 1.44. The normalized spacial score (nSPS) is 11.2. The van der Waals surface area contributed by atoms with Crippen LogP contribution in [0.4, 0.5) is 0 Å². The van der Waals surface area contributed by atoms with E-state index in [2.05, 4.69) is 0 Å². The lowest BCUT2D eigenvalue weighted by molar-refractivity contribution is -0.121. The number of hydrogen-bond donors (Lipinski definition) is 3. The van der Waals surface area contributed by atoms with Gasteiger partial charge in [0.05, 0.1) is 5.84 Å². The highest BCUT2D eigenvalue weighted by Crippen LogP contribution is 2.11. The van der Waals surface area contributed by atoms with Crippen molar-refractivity contribution < 1.29 is 4.79 Å². The van der Waals surface area contributed by atoms with Crippen LogP contribution in [0, 0.1) is 11.3 Å². The van der Waals surface area contributed by atoms with Crippen LogP contribution >= 0.6 is 12.4 Å². The summed E-state index contributed by atoms with van der Waals surface area (Å²) in [5, 5.41) is 7.15. The molecular formula is C11H16ClN3O. The molecule has 4 nitrogen and oxygen atoms in total. The van der Waals surface area contributed by atoms with E-state index in [0.717, 1.165) is 5.56 Å². The molecule has 0 heterocycles. The summed E-state index contributed by atoms with van der Waals surface area (Å²) >= 11 is 0. The number of rotatable bonds is 5. The minimum atomic E-state index is -0.408. The van der Waals surface area contributed by atoms with E-state index in [1.165, 1.54) is 0 Å². The van der Waals surface area contributed by atoms with E-state index < -0.39 is 5.91 Å². The SMILES string of the molecule is Cl.N=C(N)CC(Cc1ccccc1)C(N)=O. The lowest BCUT2D eigenvalue weighted by Crippen LogP contribution is -2.29. The molecule has 1 atom stereocenters. The molecule has 0 spiro atoms. The van der Waals surface area contributed by atoms with E-state index >= 15 is 0 Å². The molecular weight excluding hydrogens is 226 g/mol. The number of carbonyl (C=O) groups is 1. The van der Waals surface area contributed by atoms with Gasteiger partial charge in [-0.3, -0.25) is 10.2 Å². The molecule has 0 aromatic heterocycles. The largest absolute Gasteiger partial charge is 0.388 e. The van der Waals surface area contributed by atoms with Gasteiger partial charge in [0.25, 0.3) is 0 Å². The Bertz CT molecular complexity index is 354. The second kappa shape index (κ2) is 6.85. The molecule has 0 aliphatic carbocycles. The van der Waals surface area contributed by atoms with Gasteiger partial charge in [0.1, 0.15) is 0 Å². The van der Waals surface area contributed by atoms with E-state index in [1.807, 2.05) is 30.3 Å². The zero-order valence-electron chi connectivity index (χ0n) is 8.85. The molecule has 16 heavy (non-hydrogen) atoms. The Balaban J connectivity index is 0.00000225. The van der Waals surface area contributed by atoms with E-state index in [1.54, 1.807) is 0 Å². The third-order valence-electron chi connectivity index (χ3n) is 2.19. The van der Waals surface area contributed by atoms with Crippen molar-refractivity contribution in [1.82, 2.24) is 0 Å². The number of amides is 1. The van der Waals surface area contributed by atoms with Gasteiger partial charge in [-0.2, -0.15) is 0 Å². The number of halogens is 1. The second-order valence-electron chi connectivity index (χ2n) is 3.52. The van der Waals surface area contributed by atoms with Gasteiger partial charge in [-0.1, -0.05) is 30.3 Å². The number of benzene rings is 1. The van der Waals surface area contributed by atoms with Crippen LogP contribution < -0.4 is 11.5 Å². The number of amidine groups is 1. The topological polar surface area (TPSA) is 93.0 Å². The first-order chi connectivity index (χ1) is 7.09. The Hall–Kier alpha value is -1.55. The maximum absolute atomic E-state index is 11.1. The van der Waals surface area contributed by atoms with Crippen molar-refractivity contribution in [2.24, 2.45) is 17.4 Å². The van der Waals surface area contributed by atoms with Crippen LogP contribution in [0.1, 0.15) is 12.0 Å². The van der Waals surface area contributed by atoms with Gasteiger partial charge in [0.2, 0.25) is 5.91 Å². The molecule has 0 saturated carbocycles. The van der Waals surface area contributed by atoms with Gasteiger partial charge in [-0.05, 0) is 12.0 Å². The van der Waals surface area contributed by atoms with E-state index in [0.29, 0.717) is 6.42 Å². The zero-order valence-corrected chi connectivity index (χ0v) is 9.67. The first-order valence-corrected chi connectivity index (χ1v) is 4.75.